The van der Waals surface area contributed by atoms with Crippen LogP contribution in [0.15, 0.2) is 27.6 Å². The van der Waals surface area contributed by atoms with Crippen molar-refractivity contribution in [2.45, 2.75) is 12.5 Å². The van der Waals surface area contributed by atoms with E-state index in [0.717, 1.165) is 21.1 Å². The molecule has 0 radical (unpaired) electrons. The lowest BCUT2D eigenvalue weighted by molar-refractivity contribution is -0.152. The van der Waals surface area contributed by atoms with Crippen LogP contribution in [0.3, 0.4) is 0 Å². The van der Waals surface area contributed by atoms with Crippen LogP contribution in [0.1, 0.15) is 12.0 Å². The Balaban J connectivity index is 2.01. The van der Waals surface area contributed by atoms with Crippen molar-refractivity contribution in [2.75, 3.05) is 11.2 Å². The Hall–Kier alpha value is -2.33. The number of carboxylic acid groups (broad SMARTS) is 2. The average molecular weight is 427 g/mol. The second kappa shape index (κ2) is 6.52. The van der Waals surface area contributed by atoms with Gasteiger partial charge in [-0.3, -0.25) is 14.4 Å². The van der Waals surface area contributed by atoms with Crippen LogP contribution in [0.4, 0.5) is 5.69 Å². The van der Waals surface area contributed by atoms with Gasteiger partial charge in [0.05, 0.1) is 22.8 Å². The number of fused-ring (bicyclic) bond motifs is 1. The molecule has 3 N–H and O–H groups in total. The number of carboxylic acids is 2. The fourth-order valence-electron chi connectivity index (χ4n) is 2.66. The number of nitrogens with zero attached hydrogens (tertiary/aromatic N) is 1. The van der Waals surface area contributed by atoms with E-state index >= 15 is 0 Å². The van der Waals surface area contributed by atoms with E-state index in [9.17, 15) is 24.3 Å². The van der Waals surface area contributed by atoms with Crippen molar-refractivity contribution >= 4 is 62.7 Å². The van der Waals surface area contributed by atoms with E-state index in [1.165, 1.54) is 0 Å². The third-order valence-electron chi connectivity index (χ3n) is 3.79. The molecule has 1 saturated heterocycles. The minimum atomic E-state index is -1.48. The molecule has 1 aromatic rings. The van der Waals surface area contributed by atoms with Gasteiger partial charge in [-0.05, 0) is 18.2 Å². The first-order valence-corrected chi connectivity index (χ1v) is 8.81. The Labute approximate surface area is 154 Å². The summed E-state index contributed by atoms with van der Waals surface area (Å²) in [6, 6.07) is 3.65. The highest BCUT2D eigenvalue weighted by atomic mass is 79.9. The Bertz CT molecular complexity index is 852. The molecule has 10 heteroatoms. The average Bonchev–Trinajstić information content (AvgIpc) is 3.03. The number of carbonyl (C=O) groups is 4. The van der Waals surface area contributed by atoms with Gasteiger partial charge in [-0.15, -0.1) is 0 Å². The molecule has 1 fully saturated rings. The molecular formula is C15H11BrN2O6S. The molecule has 0 aromatic heterocycles. The molecule has 2 aliphatic rings. The van der Waals surface area contributed by atoms with Crippen LogP contribution in [0.2, 0.25) is 0 Å². The number of halogens is 1. The van der Waals surface area contributed by atoms with Crippen molar-refractivity contribution in [1.29, 1.82) is 0 Å². The zero-order valence-electron chi connectivity index (χ0n) is 12.5. The second-order valence-corrected chi connectivity index (χ2v) is 7.22. The first-order chi connectivity index (χ1) is 11.8. The first kappa shape index (κ1) is 17.5. The minimum absolute atomic E-state index is 0.0292. The van der Waals surface area contributed by atoms with Crippen molar-refractivity contribution in [3.05, 3.63) is 33.1 Å². The lowest BCUT2D eigenvalue weighted by Crippen LogP contribution is -2.43. The van der Waals surface area contributed by atoms with Crippen molar-refractivity contribution in [1.82, 2.24) is 4.90 Å². The number of thioether (sulfide) groups is 1. The summed E-state index contributed by atoms with van der Waals surface area (Å²) in [4.78, 5) is 48.2. The molecule has 0 bridgehead atoms. The second-order valence-electron chi connectivity index (χ2n) is 5.35. The number of amides is 2. The Morgan fingerprint density at radius 3 is 2.68 bits per heavy atom. The minimum Gasteiger partial charge on any atom is -0.481 e. The van der Waals surface area contributed by atoms with Crippen LogP contribution in [-0.4, -0.2) is 50.8 Å². The van der Waals surface area contributed by atoms with Crippen molar-refractivity contribution in [3.63, 3.8) is 0 Å². The van der Waals surface area contributed by atoms with Gasteiger partial charge in [-0.25, -0.2) is 4.79 Å². The fraction of sp³-hybridized carbons (Fsp3) is 0.200. The van der Waals surface area contributed by atoms with Crippen LogP contribution < -0.4 is 5.32 Å². The van der Waals surface area contributed by atoms with Crippen LogP contribution in [0.5, 0.6) is 0 Å². The number of rotatable bonds is 4. The van der Waals surface area contributed by atoms with Crippen molar-refractivity contribution < 1.29 is 29.4 Å². The van der Waals surface area contributed by atoms with E-state index < -0.39 is 36.2 Å². The SMILES string of the molecule is O=C(O)CC(C(=O)O)N1CSC(=C2C(=O)Nc3ccc(Br)cc32)C1=O. The molecule has 25 heavy (non-hydrogen) atoms. The van der Waals surface area contributed by atoms with Crippen molar-refractivity contribution in [2.24, 2.45) is 0 Å². The predicted molar refractivity (Wildman–Crippen MR) is 92.7 cm³/mol. The number of carbonyl (C=O) groups excluding carboxylic acids is 2. The van der Waals surface area contributed by atoms with Crippen LogP contribution in [0.25, 0.3) is 5.57 Å². The summed E-state index contributed by atoms with van der Waals surface area (Å²) in [5.74, 6) is -3.85. The van der Waals surface area contributed by atoms with Gasteiger partial charge in [0.2, 0.25) is 0 Å². The number of anilines is 1. The molecule has 0 aliphatic carbocycles. The van der Waals surface area contributed by atoms with E-state index in [-0.39, 0.29) is 16.4 Å². The topological polar surface area (TPSA) is 124 Å². The normalized spacial score (nSPS) is 20.4. The molecule has 3 rings (SSSR count). The van der Waals surface area contributed by atoms with Gasteiger partial charge in [-0.1, -0.05) is 27.7 Å². The van der Waals surface area contributed by atoms with Gasteiger partial charge < -0.3 is 20.4 Å². The number of hydrogen-bond acceptors (Lipinski definition) is 5. The number of benzene rings is 1. The number of aliphatic carboxylic acids is 2. The molecule has 0 saturated carbocycles. The van der Waals surface area contributed by atoms with Gasteiger partial charge in [0.25, 0.3) is 11.8 Å². The quantitative estimate of drug-likeness (QED) is 0.624. The molecule has 0 spiro atoms. The van der Waals surface area contributed by atoms with Gasteiger partial charge in [0, 0.05) is 15.7 Å². The largest absolute Gasteiger partial charge is 0.481 e. The highest BCUT2D eigenvalue weighted by molar-refractivity contribution is 9.10. The van der Waals surface area contributed by atoms with Gasteiger partial charge in [0.15, 0.2) is 0 Å². The highest BCUT2D eigenvalue weighted by Gasteiger charge is 2.41. The highest BCUT2D eigenvalue weighted by Crippen LogP contribution is 2.42. The molecule has 2 amide bonds. The maximum atomic E-state index is 12.7. The van der Waals surface area contributed by atoms with E-state index in [1.807, 2.05) is 0 Å². The van der Waals surface area contributed by atoms with E-state index in [2.05, 4.69) is 21.2 Å². The summed E-state index contributed by atoms with van der Waals surface area (Å²) < 4.78 is 0.724. The van der Waals surface area contributed by atoms with E-state index in [1.54, 1.807) is 18.2 Å². The number of hydrogen-bond donors (Lipinski definition) is 3. The van der Waals surface area contributed by atoms with Crippen molar-refractivity contribution in [3.8, 4) is 0 Å². The molecule has 130 valence electrons. The molecule has 1 atom stereocenters. The zero-order valence-corrected chi connectivity index (χ0v) is 14.9. The van der Waals surface area contributed by atoms with Crippen LogP contribution >= 0.6 is 27.7 Å². The predicted octanol–water partition coefficient (Wildman–Crippen LogP) is 1.57. The van der Waals surface area contributed by atoms with E-state index in [4.69, 9.17) is 5.11 Å². The van der Waals surface area contributed by atoms with E-state index in [0.29, 0.717) is 11.3 Å². The summed E-state index contributed by atoms with van der Waals surface area (Å²) in [6.45, 7) is 0. The molecule has 2 heterocycles. The van der Waals surface area contributed by atoms with Crippen LogP contribution in [-0.2, 0) is 19.2 Å². The molecule has 1 aromatic carbocycles. The van der Waals surface area contributed by atoms with Gasteiger partial charge >= 0.3 is 11.9 Å². The smallest absolute Gasteiger partial charge is 0.327 e. The zero-order chi connectivity index (χ0) is 18.3. The summed E-state index contributed by atoms with van der Waals surface area (Å²) >= 11 is 4.34. The first-order valence-electron chi connectivity index (χ1n) is 7.03. The lowest BCUT2D eigenvalue weighted by Gasteiger charge is -2.21. The molecule has 8 nitrogen and oxygen atoms in total. The van der Waals surface area contributed by atoms with Gasteiger partial charge in [0.1, 0.15) is 6.04 Å². The summed E-state index contributed by atoms with van der Waals surface area (Å²) in [5.41, 5.74) is 1.28. The maximum Gasteiger partial charge on any atom is 0.327 e. The summed E-state index contributed by atoms with van der Waals surface area (Å²) in [7, 11) is 0. The number of nitrogens with one attached hydrogen (secondary N) is 1. The Morgan fingerprint density at radius 2 is 2.04 bits per heavy atom. The lowest BCUT2D eigenvalue weighted by atomic mass is 10.1. The third kappa shape index (κ3) is 3.14. The van der Waals surface area contributed by atoms with Crippen LogP contribution in [0, 0.1) is 0 Å². The molecular weight excluding hydrogens is 416 g/mol. The Kier molecular flexibility index (Phi) is 4.56. The third-order valence-corrected chi connectivity index (χ3v) is 5.35. The van der Waals surface area contributed by atoms with Gasteiger partial charge in [-0.2, -0.15) is 0 Å². The fourth-order valence-corrected chi connectivity index (χ4v) is 4.17. The monoisotopic (exact) mass is 426 g/mol. The summed E-state index contributed by atoms with van der Waals surface area (Å²) in [5, 5.41) is 20.8. The summed E-state index contributed by atoms with van der Waals surface area (Å²) in [6.07, 6.45) is -0.710. The maximum absolute atomic E-state index is 12.7. The molecule has 2 aliphatic heterocycles. The standard InChI is InChI=1S/C15H11BrN2O6S/c16-6-1-2-8-7(3-6)11(13(21)17-8)12-14(22)18(5-25-12)9(15(23)24)4-10(19)20/h1-3,9H,4-5H2,(H,17,21)(H,19,20)(H,23,24). The molecule has 1 unspecified atom stereocenters. The Morgan fingerprint density at radius 1 is 1.32 bits per heavy atom.